The van der Waals surface area contributed by atoms with Gasteiger partial charge in [0.25, 0.3) is 0 Å². The molecule has 0 aliphatic rings. The standard InChI is InChI=1S/C9H10ClNO2/c10-5-4-8(13)9-6(11)2-1-3-7(9)12/h1-3,12H,4-5,11H2. The Morgan fingerprint density at radius 2 is 2.23 bits per heavy atom. The van der Waals surface area contributed by atoms with Crippen molar-refractivity contribution in [3.63, 3.8) is 0 Å². The summed E-state index contributed by atoms with van der Waals surface area (Å²) in [4.78, 5) is 11.4. The Morgan fingerprint density at radius 1 is 1.54 bits per heavy atom. The molecule has 0 saturated heterocycles. The summed E-state index contributed by atoms with van der Waals surface area (Å²) in [7, 11) is 0. The van der Waals surface area contributed by atoms with E-state index in [9.17, 15) is 9.90 Å². The quantitative estimate of drug-likeness (QED) is 0.443. The number of rotatable bonds is 3. The van der Waals surface area contributed by atoms with Gasteiger partial charge in [-0.05, 0) is 12.1 Å². The second kappa shape index (κ2) is 4.14. The van der Waals surface area contributed by atoms with Gasteiger partial charge >= 0.3 is 0 Å². The van der Waals surface area contributed by atoms with Gasteiger partial charge in [-0.3, -0.25) is 4.79 Å². The number of carbonyl (C=O) groups excluding carboxylic acids is 1. The number of phenols is 1. The number of aromatic hydroxyl groups is 1. The van der Waals surface area contributed by atoms with E-state index in [1.165, 1.54) is 6.07 Å². The highest BCUT2D eigenvalue weighted by Crippen LogP contribution is 2.24. The number of ketones is 1. The summed E-state index contributed by atoms with van der Waals surface area (Å²) in [6.07, 6.45) is 0.184. The van der Waals surface area contributed by atoms with E-state index in [1.54, 1.807) is 12.1 Å². The molecule has 0 bridgehead atoms. The molecule has 13 heavy (non-hydrogen) atoms. The summed E-state index contributed by atoms with van der Waals surface area (Å²) >= 11 is 5.41. The minimum atomic E-state index is -0.231. The van der Waals surface area contributed by atoms with Crippen LogP contribution < -0.4 is 5.73 Å². The minimum Gasteiger partial charge on any atom is -0.507 e. The van der Waals surface area contributed by atoms with Gasteiger partial charge in [-0.15, -0.1) is 11.6 Å². The Balaban J connectivity index is 3.05. The molecular formula is C9H10ClNO2. The molecule has 1 aromatic rings. The molecule has 0 amide bonds. The van der Waals surface area contributed by atoms with Crippen LogP contribution in [0.1, 0.15) is 16.8 Å². The van der Waals surface area contributed by atoms with Crippen LogP contribution in [0.2, 0.25) is 0 Å². The Morgan fingerprint density at radius 3 is 2.77 bits per heavy atom. The van der Waals surface area contributed by atoms with Crippen molar-refractivity contribution in [1.82, 2.24) is 0 Å². The maximum absolute atomic E-state index is 11.4. The molecule has 0 saturated carbocycles. The molecule has 0 radical (unpaired) electrons. The van der Waals surface area contributed by atoms with E-state index in [2.05, 4.69) is 0 Å². The molecule has 0 spiro atoms. The van der Waals surface area contributed by atoms with Gasteiger partial charge in [0.2, 0.25) is 0 Å². The molecule has 0 aliphatic heterocycles. The van der Waals surface area contributed by atoms with Crippen LogP contribution in [0.5, 0.6) is 5.75 Å². The summed E-state index contributed by atoms with van der Waals surface area (Å²) in [5, 5.41) is 9.34. The van der Waals surface area contributed by atoms with Crippen molar-refractivity contribution in [1.29, 1.82) is 0 Å². The molecule has 3 nitrogen and oxygen atoms in total. The van der Waals surface area contributed by atoms with Gasteiger partial charge in [-0.25, -0.2) is 0 Å². The van der Waals surface area contributed by atoms with Crippen LogP contribution >= 0.6 is 11.6 Å². The fourth-order valence-electron chi connectivity index (χ4n) is 1.07. The van der Waals surface area contributed by atoms with E-state index in [0.29, 0.717) is 0 Å². The number of carbonyl (C=O) groups is 1. The van der Waals surface area contributed by atoms with E-state index >= 15 is 0 Å². The monoisotopic (exact) mass is 199 g/mol. The number of Topliss-reactive ketones (excluding diaryl/α,β-unsaturated/α-hetero) is 1. The van der Waals surface area contributed by atoms with Crippen LogP contribution in [0.3, 0.4) is 0 Å². The highest BCUT2D eigenvalue weighted by atomic mass is 35.5. The Labute approximate surface area is 81.1 Å². The van der Waals surface area contributed by atoms with Crippen molar-refractivity contribution in [2.75, 3.05) is 11.6 Å². The summed E-state index contributed by atoms with van der Waals surface area (Å²) < 4.78 is 0. The predicted molar refractivity (Wildman–Crippen MR) is 52.2 cm³/mol. The van der Waals surface area contributed by atoms with E-state index in [0.717, 1.165) is 0 Å². The summed E-state index contributed by atoms with van der Waals surface area (Å²) in [5.74, 6) is -0.0900. The lowest BCUT2D eigenvalue weighted by Crippen LogP contribution is -2.04. The number of nitrogens with two attached hydrogens (primary N) is 1. The maximum atomic E-state index is 11.4. The molecule has 0 unspecified atom stereocenters. The summed E-state index contributed by atoms with van der Waals surface area (Å²) in [5.41, 5.74) is 5.99. The number of hydrogen-bond acceptors (Lipinski definition) is 3. The summed E-state index contributed by atoms with van der Waals surface area (Å²) in [6.45, 7) is 0. The van der Waals surface area contributed by atoms with Gasteiger partial charge < -0.3 is 10.8 Å². The van der Waals surface area contributed by atoms with E-state index < -0.39 is 0 Å². The zero-order valence-electron chi connectivity index (χ0n) is 6.96. The molecular weight excluding hydrogens is 190 g/mol. The molecule has 1 rings (SSSR count). The van der Waals surface area contributed by atoms with Crippen molar-refractivity contribution in [2.45, 2.75) is 6.42 Å². The number of benzene rings is 1. The van der Waals surface area contributed by atoms with Gasteiger partial charge in [0.1, 0.15) is 5.75 Å². The second-order valence-electron chi connectivity index (χ2n) is 2.60. The van der Waals surface area contributed by atoms with E-state index in [4.69, 9.17) is 17.3 Å². The SMILES string of the molecule is Nc1cccc(O)c1C(=O)CCCl. The van der Waals surface area contributed by atoms with Crippen molar-refractivity contribution >= 4 is 23.1 Å². The van der Waals surface area contributed by atoms with Crippen LogP contribution in [0.15, 0.2) is 18.2 Å². The largest absolute Gasteiger partial charge is 0.507 e. The molecule has 0 fully saturated rings. The third-order valence-electron chi connectivity index (χ3n) is 1.68. The van der Waals surface area contributed by atoms with E-state index in [1.807, 2.05) is 0 Å². The molecule has 0 aromatic heterocycles. The van der Waals surface area contributed by atoms with Crippen LogP contribution in [-0.4, -0.2) is 16.8 Å². The van der Waals surface area contributed by atoms with Gasteiger partial charge in [0, 0.05) is 18.0 Å². The second-order valence-corrected chi connectivity index (χ2v) is 2.98. The van der Waals surface area contributed by atoms with E-state index in [-0.39, 0.29) is 35.1 Å². The topological polar surface area (TPSA) is 63.3 Å². The third kappa shape index (κ3) is 2.12. The highest BCUT2D eigenvalue weighted by Gasteiger charge is 2.13. The number of halogens is 1. The summed E-state index contributed by atoms with van der Waals surface area (Å²) in [6, 6.07) is 4.58. The van der Waals surface area contributed by atoms with Gasteiger partial charge in [0.05, 0.1) is 5.56 Å². The van der Waals surface area contributed by atoms with Gasteiger partial charge in [0.15, 0.2) is 5.78 Å². The number of hydrogen-bond donors (Lipinski definition) is 2. The van der Waals surface area contributed by atoms with Crippen molar-refractivity contribution in [3.05, 3.63) is 23.8 Å². The number of nitrogen functional groups attached to an aromatic ring is 1. The zero-order chi connectivity index (χ0) is 9.84. The molecule has 4 heteroatoms. The average molecular weight is 200 g/mol. The first kappa shape index (κ1) is 9.86. The van der Waals surface area contributed by atoms with Crippen LogP contribution in [0.4, 0.5) is 5.69 Å². The van der Waals surface area contributed by atoms with Crippen LogP contribution in [0.25, 0.3) is 0 Å². The smallest absolute Gasteiger partial charge is 0.169 e. The lowest BCUT2D eigenvalue weighted by molar-refractivity contribution is 0.0987. The first-order valence-electron chi connectivity index (χ1n) is 3.83. The molecule has 0 heterocycles. The Hall–Kier alpha value is -1.22. The first-order valence-corrected chi connectivity index (χ1v) is 4.37. The molecule has 0 aliphatic carbocycles. The normalized spacial score (nSPS) is 9.92. The lowest BCUT2D eigenvalue weighted by atomic mass is 10.1. The lowest BCUT2D eigenvalue weighted by Gasteiger charge is -2.05. The zero-order valence-corrected chi connectivity index (χ0v) is 7.71. The maximum Gasteiger partial charge on any atom is 0.169 e. The minimum absolute atomic E-state index is 0.0879. The average Bonchev–Trinajstić information content (AvgIpc) is 2.04. The van der Waals surface area contributed by atoms with Crippen molar-refractivity contribution in [2.24, 2.45) is 0 Å². The fourth-order valence-corrected chi connectivity index (χ4v) is 1.24. The number of phenolic OH excluding ortho intramolecular Hbond substituents is 1. The molecule has 3 N–H and O–H groups in total. The van der Waals surface area contributed by atoms with Crippen LogP contribution in [-0.2, 0) is 0 Å². The van der Waals surface area contributed by atoms with Gasteiger partial charge in [-0.2, -0.15) is 0 Å². The number of anilines is 1. The predicted octanol–water partition coefficient (Wildman–Crippen LogP) is 1.79. The number of alkyl halides is 1. The first-order chi connectivity index (χ1) is 6.16. The van der Waals surface area contributed by atoms with Crippen LogP contribution in [0, 0.1) is 0 Å². The Bertz CT molecular complexity index is 305. The molecule has 70 valence electrons. The third-order valence-corrected chi connectivity index (χ3v) is 1.86. The molecule has 1 aromatic carbocycles. The van der Waals surface area contributed by atoms with Gasteiger partial charge in [-0.1, -0.05) is 6.07 Å². The van der Waals surface area contributed by atoms with Crippen molar-refractivity contribution in [3.8, 4) is 5.75 Å². The highest BCUT2D eigenvalue weighted by molar-refractivity contribution is 6.20. The molecule has 0 atom stereocenters. The Kier molecular flexibility index (Phi) is 3.14. The fraction of sp³-hybridized carbons (Fsp3) is 0.222. The van der Waals surface area contributed by atoms with Crippen molar-refractivity contribution < 1.29 is 9.90 Å².